The van der Waals surface area contributed by atoms with Crippen LogP contribution in [0.25, 0.3) is 0 Å². The number of rotatable bonds is 8. The molecule has 1 fully saturated rings. The average Bonchev–Trinajstić information content (AvgIpc) is 3.21. The lowest BCUT2D eigenvalue weighted by atomic mass is 10.1. The first-order valence-electron chi connectivity index (χ1n) is 10.0. The van der Waals surface area contributed by atoms with Crippen molar-refractivity contribution in [2.24, 2.45) is 0 Å². The zero-order valence-electron chi connectivity index (χ0n) is 16.8. The largest absolute Gasteiger partial charge is 0.299 e. The normalized spacial score (nSPS) is 18.1. The van der Waals surface area contributed by atoms with Crippen LogP contribution in [0.2, 0.25) is 0 Å². The van der Waals surface area contributed by atoms with Crippen molar-refractivity contribution in [3.63, 3.8) is 0 Å². The topological polar surface area (TPSA) is 37.2 Å². The van der Waals surface area contributed by atoms with Crippen molar-refractivity contribution in [3.8, 4) is 0 Å². The number of likely N-dealkylation sites (tertiary alicyclic amines) is 1. The smallest absolute Gasteiger partial charge is 0.0641 e. The van der Waals surface area contributed by atoms with Crippen LogP contribution in [-0.2, 0) is 19.6 Å². The van der Waals surface area contributed by atoms with Gasteiger partial charge < -0.3 is 0 Å². The molecule has 3 rings (SSSR count). The maximum Gasteiger partial charge on any atom is 0.0641 e. The van der Waals surface area contributed by atoms with E-state index in [2.05, 4.69) is 59.3 Å². The van der Waals surface area contributed by atoms with Crippen molar-refractivity contribution >= 4 is 0 Å². The number of hydrogen-bond donors (Lipinski definition) is 0. The summed E-state index contributed by atoms with van der Waals surface area (Å²) in [5, 5.41) is 4.72. The number of hydrogen-bond acceptors (Lipinski definition) is 4. The van der Waals surface area contributed by atoms with Crippen LogP contribution in [0.3, 0.4) is 0 Å². The highest BCUT2D eigenvalue weighted by Crippen LogP contribution is 2.22. The highest BCUT2D eigenvalue weighted by molar-refractivity contribution is 5.24. The summed E-state index contributed by atoms with van der Waals surface area (Å²) in [4.78, 5) is 9.76. The number of aromatic nitrogens is 3. The molecule has 5 heteroatoms. The predicted octanol–water partition coefficient (Wildman–Crippen LogP) is 3.40. The summed E-state index contributed by atoms with van der Waals surface area (Å²) < 4.78 is 2.12. The fourth-order valence-corrected chi connectivity index (χ4v) is 4.22. The molecular weight excluding hydrogens is 322 g/mol. The lowest BCUT2D eigenvalue weighted by Gasteiger charge is -2.30. The molecular formula is C21H33N5. The summed E-state index contributed by atoms with van der Waals surface area (Å²) in [7, 11) is 0. The lowest BCUT2D eigenvalue weighted by Crippen LogP contribution is -2.40. The molecule has 142 valence electrons. The second kappa shape index (κ2) is 8.78. The second-order valence-corrected chi connectivity index (χ2v) is 7.38. The third-order valence-electron chi connectivity index (χ3n) is 5.70. The highest BCUT2D eigenvalue weighted by atomic mass is 15.3. The van der Waals surface area contributed by atoms with Crippen molar-refractivity contribution in [2.75, 3.05) is 19.6 Å². The van der Waals surface area contributed by atoms with E-state index in [-0.39, 0.29) is 0 Å². The van der Waals surface area contributed by atoms with Crippen LogP contribution < -0.4 is 0 Å². The van der Waals surface area contributed by atoms with Gasteiger partial charge in [-0.2, -0.15) is 5.10 Å². The quantitative estimate of drug-likeness (QED) is 0.727. The van der Waals surface area contributed by atoms with E-state index in [1.165, 1.54) is 30.6 Å². The van der Waals surface area contributed by atoms with Crippen LogP contribution in [0.15, 0.2) is 24.4 Å². The Kier molecular flexibility index (Phi) is 6.43. The fraction of sp³-hybridized carbons (Fsp3) is 0.619. The lowest BCUT2D eigenvalue weighted by molar-refractivity contribution is 0.164. The third-order valence-corrected chi connectivity index (χ3v) is 5.70. The predicted molar refractivity (Wildman–Crippen MR) is 106 cm³/mol. The molecule has 0 saturated carbocycles. The van der Waals surface area contributed by atoms with Gasteiger partial charge in [0.05, 0.1) is 11.4 Å². The minimum Gasteiger partial charge on any atom is -0.299 e. The third kappa shape index (κ3) is 4.33. The molecule has 1 aliphatic heterocycles. The Hall–Kier alpha value is -1.72. The molecule has 0 aliphatic carbocycles. The molecule has 0 radical (unpaired) electrons. The highest BCUT2D eigenvalue weighted by Gasteiger charge is 2.26. The van der Waals surface area contributed by atoms with E-state index in [9.17, 15) is 0 Å². The van der Waals surface area contributed by atoms with Gasteiger partial charge in [-0.05, 0) is 58.8 Å². The summed E-state index contributed by atoms with van der Waals surface area (Å²) in [6, 6.07) is 6.86. The van der Waals surface area contributed by atoms with Gasteiger partial charge in [0.2, 0.25) is 0 Å². The SMILES string of the molecule is CCN1CCC[C@@H]1CN(Cc1ccccn1)Cc1c(C)nn(CC)c1C. The zero-order valence-corrected chi connectivity index (χ0v) is 16.8. The molecule has 2 aromatic heterocycles. The molecule has 0 aromatic carbocycles. The van der Waals surface area contributed by atoms with Gasteiger partial charge in [0, 0.05) is 49.7 Å². The number of likely N-dealkylation sites (N-methyl/N-ethyl adjacent to an activating group) is 1. The monoisotopic (exact) mass is 355 g/mol. The summed E-state index contributed by atoms with van der Waals surface area (Å²) >= 11 is 0. The summed E-state index contributed by atoms with van der Waals surface area (Å²) in [6.07, 6.45) is 4.52. The zero-order chi connectivity index (χ0) is 18.5. The van der Waals surface area contributed by atoms with Crippen molar-refractivity contribution in [1.82, 2.24) is 24.6 Å². The van der Waals surface area contributed by atoms with E-state index < -0.39 is 0 Å². The first-order valence-corrected chi connectivity index (χ1v) is 10.0. The van der Waals surface area contributed by atoms with Crippen molar-refractivity contribution in [3.05, 3.63) is 47.0 Å². The van der Waals surface area contributed by atoms with Crippen molar-refractivity contribution < 1.29 is 0 Å². The van der Waals surface area contributed by atoms with E-state index >= 15 is 0 Å². The maximum atomic E-state index is 4.72. The Bertz CT molecular complexity index is 694. The Labute approximate surface area is 158 Å². The molecule has 3 heterocycles. The fourth-order valence-electron chi connectivity index (χ4n) is 4.22. The number of nitrogens with zero attached hydrogens (tertiary/aromatic N) is 5. The molecule has 0 bridgehead atoms. The molecule has 0 amide bonds. The van der Waals surface area contributed by atoms with E-state index in [1.54, 1.807) is 0 Å². The summed E-state index contributed by atoms with van der Waals surface area (Å²) in [5.74, 6) is 0. The standard InChI is InChI=1S/C21H33N5/c1-5-25-13-9-11-20(25)15-24(14-19-10-7-8-12-22-19)16-21-17(3)23-26(6-2)18(21)4/h7-8,10,12,20H,5-6,9,11,13-16H2,1-4H3/t20-/m1/s1. The Balaban J connectivity index is 1.79. The van der Waals surface area contributed by atoms with Crippen molar-refractivity contribution in [1.29, 1.82) is 0 Å². The van der Waals surface area contributed by atoms with Crippen molar-refractivity contribution in [2.45, 2.75) is 66.2 Å². The van der Waals surface area contributed by atoms with Gasteiger partial charge >= 0.3 is 0 Å². The summed E-state index contributed by atoms with van der Waals surface area (Å²) in [5.41, 5.74) is 4.99. The molecule has 1 atom stereocenters. The maximum absolute atomic E-state index is 4.72. The molecule has 5 nitrogen and oxygen atoms in total. The molecule has 1 saturated heterocycles. The van der Waals surface area contributed by atoms with Crippen LogP contribution >= 0.6 is 0 Å². The molecule has 1 aliphatic rings. The van der Waals surface area contributed by atoms with E-state index in [4.69, 9.17) is 5.10 Å². The average molecular weight is 356 g/mol. The van der Waals surface area contributed by atoms with Crippen LogP contribution in [0.1, 0.15) is 49.3 Å². The Morgan fingerprint density at radius 2 is 2.00 bits per heavy atom. The van der Waals surface area contributed by atoms with Crippen LogP contribution in [0, 0.1) is 13.8 Å². The van der Waals surface area contributed by atoms with E-state index in [0.717, 1.165) is 44.1 Å². The van der Waals surface area contributed by atoms with Gasteiger partial charge in [-0.15, -0.1) is 0 Å². The van der Waals surface area contributed by atoms with E-state index in [0.29, 0.717) is 6.04 Å². The molecule has 0 spiro atoms. The van der Waals surface area contributed by atoms with Crippen LogP contribution in [0.5, 0.6) is 0 Å². The molecule has 2 aromatic rings. The Morgan fingerprint density at radius 3 is 2.65 bits per heavy atom. The first kappa shape index (κ1) is 19.1. The van der Waals surface area contributed by atoms with Crippen LogP contribution in [0.4, 0.5) is 0 Å². The molecule has 26 heavy (non-hydrogen) atoms. The number of pyridine rings is 1. The minimum absolute atomic E-state index is 0.658. The number of aryl methyl sites for hydroxylation is 2. The summed E-state index contributed by atoms with van der Waals surface area (Å²) in [6.45, 7) is 15.0. The van der Waals surface area contributed by atoms with Gasteiger partial charge in [0.15, 0.2) is 0 Å². The van der Waals surface area contributed by atoms with Gasteiger partial charge in [0.25, 0.3) is 0 Å². The molecule has 0 N–H and O–H groups in total. The Morgan fingerprint density at radius 1 is 1.15 bits per heavy atom. The van der Waals surface area contributed by atoms with Gasteiger partial charge in [-0.1, -0.05) is 13.0 Å². The van der Waals surface area contributed by atoms with Gasteiger partial charge in [-0.25, -0.2) is 0 Å². The van der Waals surface area contributed by atoms with E-state index in [1.807, 2.05) is 12.3 Å². The van der Waals surface area contributed by atoms with Crippen LogP contribution in [-0.4, -0.2) is 50.2 Å². The second-order valence-electron chi connectivity index (χ2n) is 7.38. The molecule has 0 unspecified atom stereocenters. The first-order chi connectivity index (χ1) is 12.6. The van der Waals surface area contributed by atoms with Gasteiger partial charge in [0.1, 0.15) is 0 Å². The minimum atomic E-state index is 0.658. The van der Waals surface area contributed by atoms with Gasteiger partial charge in [-0.3, -0.25) is 19.5 Å².